The molecule has 0 radical (unpaired) electrons. The largest absolute Gasteiger partial charge is 0.371 e. The van der Waals surface area contributed by atoms with Gasteiger partial charge in [-0.3, -0.25) is 0 Å². The minimum atomic E-state index is 0.474. The predicted octanol–water partition coefficient (Wildman–Crippen LogP) is 5.20. The summed E-state index contributed by atoms with van der Waals surface area (Å²) in [6, 6.07) is 6.40. The third-order valence-electron chi connectivity index (χ3n) is 3.87. The maximum absolute atomic E-state index is 6.06. The summed E-state index contributed by atoms with van der Waals surface area (Å²) in [5.74, 6) is 0.586. The highest BCUT2D eigenvalue weighted by atomic mass is 79.9. The molecule has 0 saturated carbocycles. The standard InChI is InChI=1S/C15H21BrClN/c1-15(2)6-3-8-18(9-7-15)14-10-13(16)5-4-12(14)11-17/h4-5,10H,3,6-9,11H2,1-2H3. The molecule has 1 aromatic rings. The van der Waals surface area contributed by atoms with E-state index in [9.17, 15) is 0 Å². The van der Waals surface area contributed by atoms with Crippen molar-refractivity contribution < 1.29 is 0 Å². The van der Waals surface area contributed by atoms with Gasteiger partial charge in [-0.15, -0.1) is 11.6 Å². The van der Waals surface area contributed by atoms with Crippen molar-refractivity contribution in [2.45, 2.75) is 39.0 Å². The van der Waals surface area contributed by atoms with Crippen LogP contribution in [0.15, 0.2) is 22.7 Å². The lowest BCUT2D eigenvalue weighted by Crippen LogP contribution is -2.26. The Kier molecular flexibility index (Phi) is 4.60. The average molecular weight is 331 g/mol. The van der Waals surface area contributed by atoms with Crippen molar-refractivity contribution in [1.82, 2.24) is 0 Å². The first-order valence-corrected chi connectivity index (χ1v) is 7.94. The third-order valence-corrected chi connectivity index (χ3v) is 4.65. The molecule has 0 aliphatic carbocycles. The Labute approximate surface area is 124 Å². The number of rotatable bonds is 2. The van der Waals surface area contributed by atoms with Crippen LogP contribution in [0.1, 0.15) is 38.7 Å². The Morgan fingerprint density at radius 2 is 2.06 bits per heavy atom. The van der Waals surface area contributed by atoms with Crippen LogP contribution in [0, 0.1) is 5.41 Å². The first kappa shape index (κ1) is 14.2. The fourth-order valence-corrected chi connectivity index (χ4v) is 3.18. The fourth-order valence-electron chi connectivity index (χ4n) is 2.61. The van der Waals surface area contributed by atoms with Gasteiger partial charge in [-0.1, -0.05) is 35.8 Å². The summed E-state index contributed by atoms with van der Waals surface area (Å²) < 4.78 is 1.13. The summed E-state index contributed by atoms with van der Waals surface area (Å²) in [6.45, 7) is 7.02. The summed E-state index contributed by atoms with van der Waals surface area (Å²) >= 11 is 9.62. The van der Waals surface area contributed by atoms with E-state index in [4.69, 9.17) is 11.6 Å². The average Bonchev–Trinajstić information content (AvgIpc) is 2.50. The molecule has 0 unspecified atom stereocenters. The summed E-state index contributed by atoms with van der Waals surface area (Å²) in [4.78, 5) is 2.50. The zero-order valence-electron chi connectivity index (χ0n) is 11.2. The second kappa shape index (κ2) is 5.83. The van der Waals surface area contributed by atoms with E-state index < -0.39 is 0 Å². The van der Waals surface area contributed by atoms with Crippen molar-refractivity contribution in [2.75, 3.05) is 18.0 Å². The van der Waals surface area contributed by atoms with Gasteiger partial charge in [-0.05, 0) is 42.4 Å². The van der Waals surface area contributed by atoms with Gasteiger partial charge >= 0.3 is 0 Å². The highest BCUT2D eigenvalue weighted by molar-refractivity contribution is 9.10. The number of hydrogen-bond donors (Lipinski definition) is 0. The summed E-state index contributed by atoms with van der Waals surface area (Å²) in [5, 5.41) is 0. The molecule has 1 aromatic carbocycles. The molecule has 0 atom stereocenters. The van der Waals surface area contributed by atoms with Crippen molar-refractivity contribution in [1.29, 1.82) is 0 Å². The molecular formula is C15H21BrClN. The Morgan fingerprint density at radius 1 is 1.28 bits per heavy atom. The highest BCUT2D eigenvalue weighted by Crippen LogP contribution is 2.34. The minimum absolute atomic E-state index is 0.474. The molecule has 1 saturated heterocycles. The Morgan fingerprint density at radius 3 is 2.78 bits per heavy atom. The molecule has 18 heavy (non-hydrogen) atoms. The lowest BCUT2D eigenvalue weighted by molar-refractivity contribution is 0.325. The van der Waals surface area contributed by atoms with Gasteiger partial charge in [-0.25, -0.2) is 0 Å². The fraction of sp³-hybridized carbons (Fsp3) is 0.600. The summed E-state index contributed by atoms with van der Waals surface area (Å²) in [5.41, 5.74) is 3.01. The van der Waals surface area contributed by atoms with Crippen LogP contribution < -0.4 is 4.90 Å². The minimum Gasteiger partial charge on any atom is -0.371 e. The van der Waals surface area contributed by atoms with Gasteiger partial charge in [0, 0.05) is 29.1 Å². The van der Waals surface area contributed by atoms with Gasteiger partial charge in [0.15, 0.2) is 0 Å². The molecule has 100 valence electrons. The van der Waals surface area contributed by atoms with Gasteiger partial charge in [-0.2, -0.15) is 0 Å². The zero-order chi connectivity index (χ0) is 13.2. The number of halogens is 2. The number of hydrogen-bond acceptors (Lipinski definition) is 1. The topological polar surface area (TPSA) is 3.24 Å². The molecule has 0 spiro atoms. The van der Waals surface area contributed by atoms with Crippen LogP contribution in [0.2, 0.25) is 0 Å². The molecule has 1 heterocycles. The van der Waals surface area contributed by atoms with Crippen molar-refractivity contribution in [2.24, 2.45) is 5.41 Å². The molecule has 0 aromatic heterocycles. The lowest BCUT2D eigenvalue weighted by Gasteiger charge is -2.26. The normalized spacial score (nSPS) is 19.7. The van der Waals surface area contributed by atoms with E-state index in [0.29, 0.717) is 11.3 Å². The maximum atomic E-state index is 6.06. The van der Waals surface area contributed by atoms with Gasteiger partial charge in [0.05, 0.1) is 0 Å². The van der Waals surface area contributed by atoms with Gasteiger partial charge in [0.1, 0.15) is 0 Å². The molecule has 0 bridgehead atoms. The van der Waals surface area contributed by atoms with E-state index >= 15 is 0 Å². The van der Waals surface area contributed by atoms with Crippen LogP contribution >= 0.6 is 27.5 Å². The molecule has 3 heteroatoms. The molecule has 0 amide bonds. The van der Waals surface area contributed by atoms with E-state index in [1.54, 1.807) is 0 Å². The summed E-state index contributed by atoms with van der Waals surface area (Å²) in [7, 11) is 0. The second-order valence-electron chi connectivity index (χ2n) is 5.91. The van der Waals surface area contributed by atoms with Crippen molar-refractivity contribution in [3.63, 3.8) is 0 Å². The zero-order valence-corrected chi connectivity index (χ0v) is 13.5. The van der Waals surface area contributed by atoms with E-state index in [0.717, 1.165) is 17.6 Å². The predicted molar refractivity (Wildman–Crippen MR) is 83.5 cm³/mol. The van der Waals surface area contributed by atoms with E-state index in [2.05, 4.69) is 52.9 Å². The van der Waals surface area contributed by atoms with Crippen LogP contribution in [-0.2, 0) is 5.88 Å². The van der Waals surface area contributed by atoms with Crippen molar-refractivity contribution in [3.05, 3.63) is 28.2 Å². The molecule has 0 N–H and O–H groups in total. The maximum Gasteiger partial charge on any atom is 0.0494 e. The van der Waals surface area contributed by atoms with E-state index in [1.807, 2.05) is 0 Å². The van der Waals surface area contributed by atoms with Crippen molar-refractivity contribution >= 4 is 33.2 Å². The number of anilines is 1. The van der Waals surface area contributed by atoms with Gasteiger partial charge < -0.3 is 4.90 Å². The molecule has 1 aliphatic heterocycles. The van der Waals surface area contributed by atoms with Gasteiger partial charge in [0.2, 0.25) is 0 Å². The van der Waals surface area contributed by atoms with Gasteiger partial charge in [0.25, 0.3) is 0 Å². The monoisotopic (exact) mass is 329 g/mol. The van der Waals surface area contributed by atoms with Crippen LogP contribution in [0.3, 0.4) is 0 Å². The number of nitrogens with zero attached hydrogens (tertiary/aromatic N) is 1. The molecule has 1 fully saturated rings. The molecule has 2 rings (SSSR count). The first-order chi connectivity index (χ1) is 8.52. The van der Waals surface area contributed by atoms with Crippen LogP contribution in [-0.4, -0.2) is 13.1 Å². The Bertz CT molecular complexity index is 417. The molecule has 1 nitrogen and oxygen atoms in total. The molecular weight excluding hydrogens is 310 g/mol. The summed E-state index contributed by atoms with van der Waals surface area (Å²) in [6.07, 6.45) is 3.83. The second-order valence-corrected chi connectivity index (χ2v) is 7.09. The lowest BCUT2D eigenvalue weighted by atomic mass is 9.85. The number of alkyl halides is 1. The van der Waals surface area contributed by atoms with Crippen molar-refractivity contribution in [3.8, 4) is 0 Å². The van der Waals surface area contributed by atoms with E-state index in [-0.39, 0.29) is 0 Å². The van der Waals surface area contributed by atoms with Crippen LogP contribution in [0.4, 0.5) is 5.69 Å². The first-order valence-electron chi connectivity index (χ1n) is 6.61. The van der Waals surface area contributed by atoms with Crippen LogP contribution in [0.25, 0.3) is 0 Å². The number of benzene rings is 1. The Balaban J connectivity index is 2.23. The Hall–Kier alpha value is -0.210. The third kappa shape index (κ3) is 3.42. The SMILES string of the molecule is CC1(C)CCCN(c2cc(Br)ccc2CCl)CC1. The quantitative estimate of drug-likeness (QED) is 0.673. The highest BCUT2D eigenvalue weighted by Gasteiger charge is 2.24. The molecule has 1 aliphatic rings. The van der Waals surface area contributed by atoms with E-state index in [1.165, 1.54) is 30.5 Å². The van der Waals surface area contributed by atoms with Crippen LogP contribution in [0.5, 0.6) is 0 Å². The smallest absolute Gasteiger partial charge is 0.0494 e.